The number of fused-ring (bicyclic) bond motifs is 2. The van der Waals surface area contributed by atoms with Gasteiger partial charge in [-0.1, -0.05) is 18.2 Å². The van der Waals surface area contributed by atoms with Gasteiger partial charge < -0.3 is 18.8 Å². The standard InChI is InChI=1S/C23H21NO5/c1-4-27-21(25)13-28-19-10-9-17-22(26)20(29-23(17)14(19)2)11-15-12-24(3)18-8-6-5-7-16(15)18/h5-12H,4,13H2,1-3H3. The third kappa shape index (κ3) is 3.38. The molecule has 1 aromatic heterocycles. The molecule has 0 fully saturated rings. The van der Waals surface area contributed by atoms with Crippen molar-refractivity contribution in [1.82, 2.24) is 4.57 Å². The molecule has 3 aromatic rings. The van der Waals surface area contributed by atoms with Gasteiger partial charge in [-0.15, -0.1) is 0 Å². The van der Waals surface area contributed by atoms with Crippen LogP contribution in [0.4, 0.5) is 0 Å². The van der Waals surface area contributed by atoms with E-state index in [9.17, 15) is 9.59 Å². The second-order valence-electron chi connectivity index (χ2n) is 6.81. The number of esters is 1. The summed E-state index contributed by atoms with van der Waals surface area (Å²) in [6, 6.07) is 11.3. The second-order valence-corrected chi connectivity index (χ2v) is 6.81. The van der Waals surface area contributed by atoms with Crippen LogP contribution < -0.4 is 9.47 Å². The van der Waals surface area contributed by atoms with Crippen molar-refractivity contribution in [2.75, 3.05) is 13.2 Å². The monoisotopic (exact) mass is 391 g/mol. The fraction of sp³-hybridized carbons (Fsp3) is 0.217. The maximum absolute atomic E-state index is 12.8. The summed E-state index contributed by atoms with van der Waals surface area (Å²) in [6.07, 6.45) is 3.74. The molecule has 0 N–H and O–H groups in total. The van der Waals surface area contributed by atoms with E-state index in [0.29, 0.717) is 29.2 Å². The van der Waals surface area contributed by atoms with Gasteiger partial charge in [-0.3, -0.25) is 4.79 Å². The molecule has 29 heavy (non-hydrogen) atoms. The number of para-hydroxylation sites is 1. The van der Waals surface area contributed by atoms with Crippen LogP contribution in [0.25, 0.3) is 17.0 Å². The van der Waals surface area contributed by atoms with Gasteiger partial charge >= 0.3 is 5.97 Å². The number of ether oxygens (including phenoxy) is 3. The number of carbonyl (C=O) groups excluding carboxylic acids is 2. The molecular formula is C23H21NO5. The summed E-state index contributed by atoms with van der Waals surface area (Å²) in [5.41, 5.74) is 3.14. The Labute approximate surface area is 168 Å². The lowest BCUT2D eigenvalue weighted by atomic mass is 10.1. The van der Waals surface area contributed by atoms with Crippen LogP contribution in [0.2, 0.25) is 0 Å². The predicted molar refractivity (Wildman–Crippen MR) is 109 cm³/mol. The molecule has 0 amide bonds. The smallest absolute Gasteiger partial charge is 0.344 e. The molecule has 0 saturated heterocycles. The minimum atomic E-state index is -0.444. The zero-order valence-corrected chi connectivity index (χ0v) is 16.5. The van der Waals surface area contributed by atoms with Crippen LogP contribution in [0.15, 0.2) is 48.4 Å². The molecule has 0 bridgehead atoms. The lowest BCUT2D eigenvalue weighted by Gasteiger charge is -2.10. The molecule has 0 atom stereocenters. The Hall–Kier alpha value is -3.54. The summed E-state index contributed by atoms with van der Waals surface area (Å²) < 4.78 is 18.3. The molecule has 2 aromatic carbocycles. The van der Waals surface area contributed by atoms with E-state index in [4.69, 9.17) is 14.2 Å². The number of benzene rings is 2. The lowest BCUT2D eigenvalue weighted by Crippen LogP contribution is -2.15. The number of hydrogen-bond acceptors (Lipinski definition) is 5. The number of rotatable bonds is 5. The molecular weight excluding hydrogens is 370 g/mol. The Bertz CT molecular complexity index is 1160. The molecule has 0 spiro atoms. The molecule has 4 rings (SSSR count). The van der Waals surface area contributed by atoms with Gasteiger partial charge in [0.25, 0.3) is 0 Å². The molecule has 6 nitrogen and oxygen atoms in total. The number of Topliss-reactive ketones (excluding diaryl/α,β-unsaturated/α-hetero) is 1. The maximum Gasteiger partial charge on any atom is 0.344 e. The largest absolute Gasteiger partial charge is 0.481 e. The zero-order valence-electron chi connectivity index (χ0n) is 16.5. The van der Waals surface area contributed by atoms with Crippen molar-refractivity contribution in [3.8, 4) is 11.5 Å². The van der Waals surface area contributed by atoms with Gasteiger partial charge in [-0.2, -0.15) is 0 Å². The first-order valence-electron chi connectivity index (χ1n) is 9.40. The second kappa shape index (κ2) is 7.47. The number of hydrogen-bond donors (Lipinski definition) is 0. The number of aryl methyl sites for hydroxylation is 1. The average molecular weight is 391 g/mol. The SMILES string of the molecule is CCOC(=O)COc1ccc2c(c1C)OC(=Cc1cn(C)c3ccccc13)C2=O. The first-order valence-corrected chi connectivity index (χ1v) is 9.40. The molecule has 0 aliphatic carbocycles. The fourth-order valence-electron chi connectivity index (χ4n) is 3.49. The number of allylic oxidation sites excluding steroid dienone is 1. The summed E-state index contributed by atoms with van der Waals surface area (Å²) >= 11 is 0. The van der Waals surface area contributed by atoms with Gasteiger partial charge in [0.1, 0.15) is 11.5 Å². The zero-order chi connectivity index (χ0) is 20.5. The van der Waals surface area contributed by atoms with E-state index >= 15 is 0 Å². The summed E-state index contributed by atoms with van der Waals surface area (Å²) in [4.78, 5) is 24.4. The van der Waals surface area contributed by atoms with Crippen molar-refractivity contribution < 1.29 is 23.8 Å². The highest BCUT2D eigenvalue weighted by Crippen LogP contribution is 2.39. The van der Waals surface area contributed by atoms with E-state index in [1.165, 1.54) is 0 Å². The third-order valence-electron chi connectivity index (χ3n) is 4.90. The van der Waals surface area contributed by atoms with Gasteiger partial charge in [-0.05, 0) is 38.1 Å². The molecule has 2 heterocycles. The molecule has 0 radical (unpaired) electrons. The van der Waals surface area contributed by atoms with E-state index < -0.39 is 5.97 Å². The molecule has 6 heteroatoms. The van der Waals surface area contributed by atoms with Crippen molar-refractivity contribution in [1.29, 1.82) is 0 Å². The predicted octanol–water partition coefficient (Wildman–Crippen LogP) is 4.04. The van der Waals surface area contributed by atoms with Crippen molar-refractivity contribution in [2.24, 2.45) is 7.05 Å². The van der Waals surface area contributed by atoms with Gasteiger partial charge in [0.2, 0.25) is 5.78 Å². The molecule has 0 unspecified atom stereocenters. The Balaban J connectivity index is 1.63. The van der Waals surface area contributed by atoms with Crippen LogP contribution in [0, 0.1) is 6.92 Å². The maximum atomic E-state index is 12.8. The Morgan fingerprint density at radius 3 is 2.79 bits per heavy atom. The molecule has 0 saturated carbocycles. The first kappa shape index (κ1) is 18.8. The average Bonchev–Trinajstić information content (AvgIpc) is 3.20. The van der Waals surface area contributed by atoms with Crippen LogP contribution in [0.1, 0.15) is 28.4 Å². The highest BCUT2D eigenvalue weighted by molar-refractivity contribution is 6.15. The van der Waals surface area contributed by atoms with Gasteiger partial charge in [0.05, 0.1) is 12.2 Å². The van der Waals surface area contributed by atoms with Gasteiger partial charge in [-0.25, -0.2) is 4.79 Å². The summed E-state index contributed by atoms with van der Waals surface area (Å²) in [5, 5.41) is 1.05. The Kier molecular flexibility index (Phi) is 4.84. The molecule has 1 aliphatic heterocycles. The minimum absolute atomic E-state index is 0.173. The first-order chi connectivity index (χ1) is 14.0. The third-order valence-corrected chi connectivity index (χ3v) is 4.90. The normalized spacial score (nSPS) is 14.2. The van der Waals surface area contributed by atoms with Gasteiger partial charge in [0, 0.05) is 35.3 Å². The highest BCUT2D eigenvalue weighted by atomic mass is 16.6. The Morgan fingerprint density at radius 2 is 2.00 bits per heavy atom. The molecule has 1 aliphatic rings. The number of carbonyl (C=O) groups is 2. The van der Waals surface area contributed by atoms with E-state index in [2.05, 4.69) is 0 Å². The van der Waals surface area contributed by atoms with Crippen molar-refractivity contribution in [3.05, 3.63) is 65.0 Å². The summed E-state index contributed by atoms with van der Waals surface area (Å²) in [5.74, 6) is 0.592. The quantitative estimate of drug-likeness (QED) is 0.485. The number of nitrogens with zero attached hydrogens (tertiary/aromatic N) is 1. The van der Waals surface area contributed by atoms with E-state index in [1.807, 2.05) is 42.1 Å². The van der Waals surface area contributed by atoms with Crippen molar-refractivity contribution in [3.63, 3.8) is 0 Å². The van der Waals surface area contributed by atoms with Crippen LogP contribution in [0.5, 0.6) is 11.5 Å². The minimum Gasteiger partial charge on any atom is -0.481 e. The lowest BCUT2D eigenvalue weighted by molar-refractivity contribution is -0.145. The van der Waals surface area contributed by atoms with Crippen LogP contribution in [0.3, 0.4) is 0 Å². The number of aromatic nitrogens is 1. The van der Waals surface area contributed by atoms with E-state index in [-0.39, 0.29) is 18.1 Å². The number of ketones is 1. The van der Waals surface area contributed by atoms with Gasteiger partial charge in [0.15, 0.2) is 12.4 Å². The van der Waals surface area contributed by atoms with Crippen molar-refractivity contribution >= 4 is 28.7 Å². The highest BCUT2D eigenvalue weighted by Gasteiger charge is 2.30. The topological polar surface area (TPSA) is 66.8 Å². The summed E-state index contributed by atoms with van der Waals surface area (Å²) in [6.45, 7) is 3.64. The molecule has 148 valence electrons. The summed E-state index contributed by atoms with van der Waals surface area (Å²) in [7, 11) is 1.97. The van der Waals surface area contributed by atoms with E-state index in [0.717, 1.165) is 16.5 Å². The van der Waals surface area contributed by atoms with Crippen molar-refractivity contribution in [2.45, 2.75) is 13.8 Å². The van der Waals surface area contributed by atoms with Crippen LogP contribution >= 0.6 is 0 Å². The van der Waals surface area contributed by atoms with Crippen LogP contribution in [-0.4, -0.2) is 29.5 Å². The Morgan fingerprint density at radius 1 is 1.21 bits per heavy atom. The fourth-order valence-corrected chi connectivity index (χ4v) is 3.49. The van der Waals surface area contributed by atoms with Crippen LogP contribution in [-0.2, 0) is 16.6 Å². The van der Waals surface area contributed by atoms with E-state index in [1.54, 1.807) is 32.1 Å².